The Morgan fingerprint density at radius 1 is 1.35 bits per heavy atom. The Morgan fingerprint density at radius 3 is 2.80 bits per heavy atom. The molecular formula is C14H13N3O2S. The first-order chi connectivity index (χ1) is 9.54. The molecule has 0 saturated heterocycles. The predicted molar refractivity (Wildman–Crippen MR) is 78.3 cm³/mol. The first-order valence-corrected chi connectivity index (χ1v) is 7.06. The first kappa shape index (κ1) is 12.8. The number of nitrogens with zero attached hydrogens (tertiary/aromatic N) is 2. The molecule has 0 amide bonds. The van der Waals surface area contributed by atoms with Crippen molar-refractivity contribution in [1.29, 1.82) is 0 Å². The first-order valence-electron chi connectivity index (χ1n) is 6.24. The van der Waals surface area contributed by atoms with Crippen molar-refractivity contribution in [3.8, 4) is 11.3 Å². The van der Waals surface area contributed by atoms with Crippen molar-refractivity contribution in [3.05, 3.63) is 35.0 Å². The van der Waals surface area contributed by atoms with Gasteiger partial charge in [-0.3, -0.25) is 5.10 Å². The number of carboxylic acids is 1. The number of aromatic amines is 1. The number of aromatic nitrogens is 3. The van der Waals surface area contributed by atoms with E-state index in [0.717, 1.165) is 20.8 Å². The van der Waals surface area contributed by atoms with Crippen molar-refractivity contribution in [2.24, 2.45) is 0 Å². The monoisotopic (exact) mass is 287 g/mol. The van der Waals surface area contributed by atoms with E-state index in [2.05, 4.69) is 29.0 Å². The van der Waals surface area contributed by atoms with E-state index in [1.807, 2.05) is 18.2 Å². The average molecular weight is 287 g/mol. The highest BCUT2D eigenvalue weighted by Gasteiger charge is 2.12. The lowest BCUT2D eigenvalue weighted by atomic mass is 10.1. The third kappa shape index (κ3) is 2.18. The van der Waals surface area contributed by atoms with Gasteiger partial charge < -0.3 is 5.11 Å². The van der Waals surface area contributed by atoms with Gasteiger partial charge in [0.15, 0.2) is 0 Å². The molecule has 3 aromatic rings. The Hall–Kier alpha value is -2.21. The lowest BCUT2D eigenvalue weighted by Crippen LogP contribution is -1.95. The molecule has 2 N–H and O–H groups in total. The molecule has 0 saturated carbocycles. The van der Waals surface area contributed by atoms with Crippen molar-refractivity contribution in [3.63, 3.8) is 0 Å². The van der Waals surface area contributed by atoms with Crippen LogP contribution in [0.2, 0.25) is 0 Å². The van der Waals surface area contributed by atoms with E-state index < -0.39 is 5.97 Å². The Labute approximate surface area is 119 Å². The maximum atomic E-state index is 10.9. The molecule has 0 fully saturated rings. The molecule has 0 unspecified atom stereocenters. The number of aromatic carboxylic acids is 1. The molecule has 6 heteroatoms. The van der Waals surface area contributed by atoms with Gasteiger partial charge in [0, 0.05) is 11.5 Å². The van der Waals surface area contributed by atoms with Gasteiger partial charge in [-0.05, 0) is 18.2 Å². The van der Waals surface area contributed by atoms with Crippen LogP contribution >= 0.6 is 11.3 Å². The van der Waals surface area contributed by atoms with E-state index >= 15 is 0 Å². The van der Waals surface area contributed by atoms with E-state index in [1.165, 1.54) is 6.07 Å². The summed E-state index contributed by atoms with van der Waals surface area (Å²) < 4.78 is 1.09. The molecule has 0 aliphatic carbocycles. The summed E-state index contributed by atoms with van der Waals surface area (Å²) in [5.74, 6) is -0.607. The minimum atomic E-state index is -1.01. The Balaban J connectivity index is 2.05. The zero-order chi connectivity index (χ0) is 14.3. The number of fused-ring (bicyclic) bond motifs is 1. The molecule has 3 rings (SSSR count). The average Bonchev–Trinajstić information content (AvgIpc) is 3.04. The second kappa shape index (κ2) is 4.72. The van der Waals surface area contributed by atoms with Crippen LogP contribution in [-0.4, -0.2) is 26.3 Å². The van der Waals surface area contributed by atoms with Gasteiger partial charge in [-0.25, -0.2) is 9.78 Å². The lowest BCUT2D eigenvalue weighted by molar-refractivity contribution is 0.0690. The van der Waals surface area contributed by atoms with E-state index in [-0.39, 0.29) is 5.69 Å². The van der Waals surface area contributed by atoms with Crippen LogP contribution in [0.5, 0.6) is 0 Å². The number of rotatable bonds is 3. The highest BCUT2D eigenvalue weighted by molar-refractivity contribution is 7.18. The van der Waals surface area contributed by atoms with Crippen LogP contribution in [0.4, 0.5) is 0 Å². The standard InChI is InChI=1S/C14H13N3O2S/c1-7(2)13-15-9-4-3-8(5-12(9)20-13)10-6-11(14(18)19)17-16-10/h3-7H,1-2H3,(H,16,17)(H,18,19). The number of thiazole rings is 1. The zero-order valence-corrected chi connectivity index (χ0v) is 11.9. The quantitative estimate of drug-likeness (QED) is 0.772. The molecule has 102 valence electrons. The van der Waals surface area contributed by atoms with Gasteiger partial charge in [0.05, 0.1) is 20.9 Å². The van der Waals surface area contributed by atoms with Crippen molar-refractivity contribution in [1.82, 2.24) is 15.2 Å². The summed E-state index contributed by atoms with van der Waals surface area (Å²) in [4.78, 5) is 15.4. The molecule has 0 aliphatic heterocycles. The van der Waals surface area contributed by atoms with Gasteiger partial charge in [0.2, 0.25) is 0 Å². The molecule has 0 atom stereocenters. The summed E-state index contributed by atoms with van der Waals surface area (Å²) >= 11 is 1.66. The number of carboxylic acid groups (broad SMARTS) is 1. The van der Waals surface area contributed by atoms with Crippen LogP contribution in [0.3, 0.4) is 0 Å². The molecule has 5 nitrogen and oxygen atoms in total. The maximum Gasteiger partial charge on any atom is 0.353 e. The van der Waals surface area contributed by atoms with E-state index in [0.29, 0.717) is 11.6 Å². The van der Waals surface area contributed by atoms with Gasteiger partial charge in [-0.15, -0.1) is 11.3 Å². The SMILES string of the molecule is CC(C)c1nc2ccc(-c3cc(C(=O)O)[nH]n3)cc2s1. The topological polar surface area (TPSA) is 78.9 Å². The summed E-state index contributed by atoms with van der Waals surface area (Å²) in [5, 5.41) is 16.6. The van der Waals surface area contributed by atoms with Gasteiger partial charge in [-0.2, -0.15) is 5.10 Å². The minimum absolute atomic E-state index is 0.0901. The summed E-state index contributed by atoms with van der Waals surface area (Å²) in [6.07, 6.45) is 0. The molecule has 0 aliphatic rings. The molecule has 20 heavy (non-hydrogen) atoms. The molecule has 2 aromatic heterocycles. The number of hydrogen-bond acceptors (Lipinski definition) is 4. The molecule has 0 bridgehead atoms. The van der Waals surface area contributed by atoms with Crippen molar-refractivity contribution < 1.29 is 9.90 Å². The van der Waals surface area contributed by atoms with Crippen molar-refractivity contribution >= 4 is 27.5 Å². The summed E-state index contributed by atoms with van der Waals surface area (Å²) in [7, 11) is 0. The van der Waals surface area contributed by atoms with E-state index in [4.69, 9.17) is 5.11 Å². The fourth-order valence-electron chi connectivity index (χ4n) is 1.93. The van der Waals surface area contributed by atoms with Crippen LogP contribution in [0.25, 0.3) is 21.5 Å². The molecule has 0 spiro atoms. The van der Waals surface area contributed by atoms with Crippen molar-refractivity contribution in [2.45, 2.75) is 19.8 Å². The number of nitrogens with one attached hydrogen (secondary N) is 1. The normalized spacial score (nSPS) is 11.3. The predicted octanol–water partition coefficient (Wildman–Crippen LogP) is 3.51. The zero-order valence-electron chi connectivity index (χ0n) is 11.0. The smallest absolute Gasteiger partial charge is 0.353 e. The second-order valence-electron chi connectivity index (χ2n) is 4.86. The highest BCUT2D eigenvalue weighted by Crippen LogP contribution is 2.30. The molecule has 2 heterocycles. The fraction of sp³-hybridized carbons (Fsp3) is 0.214. The van der Waals surface area contributed by atoms with E-state index in [9.17, 15) is 4.79 Å². The largest absolute Gasteiger partial charge is 0.477 e. The maximum absolute atomic E-state index is 10.9. The number of carbonyl (C=O) groups is 1. The Bertz CT molecular complexity index is 789. The Morgan fingerprint density at radius 2 is 2.15 bits per heavy atom. The van der Waals surface area contributed by atoms with Crippen LogP contribution in [-0.2, 0) is 0 Å². The molecular weight excluding hydrogens is 274 g/mol. The van der Waals surface area contributed by atoms with Crippen molar-refractivity contribution in [2.75, 3.05) is 0 Å². The van der Waals surface area contributed by atoms with Crippen LogP contribution in [0.1, 0.15) is 35.3 Å². The highest BCUT2D eigenvalue weighted by atomic mass is 32.1. The second-order valence-corrected chi connectivity index (χ2v) is 5.92. The molecule has 0 radical (unpaired) electrons. The number of H-pyrrole nitrogens is 1. The third-order valence-electron chi connectivity index (χ3n) is 3.00. The Kier molecular flexibility index (Phi) is 3.02. The van der Waals surface area contributed by atoms with Crippen LogP contribution in [0.15, 0.2) is 24.3 Å². The summed E-state index contributed by atoms with van der Waals surface area (Å²) in [5.41, 5.74) is 2.58. The van der Waals surface area contributed by atoms with Crippen LogP contribution < -0.4 is 0 Å². The van der Waals surface area contributed by atoms with Crippen LogP contribution in [0, 0.1) is 0 Å². The van der Waals surface area contributed by atoms with Gasteiger partial charge in [0.1, 0.15) is 5.69 Å². The minimum Gasteiger partial charge on any atom is -0.477 e. The molecule has 1 aromatic carbocycles. The van der Waals surface area contributed by atoms with Gasteiger partial charge in [0.25, 0.3) is 0 Å². The third-order valence-corrected chi connectivity index (χ3v) is 4.32. The van der Waals surface area contributed by atoms with Gasteiger partial charge in [-0.1, -0.05) is 19.9 Å². The number of benzene rings is 1. The van der Waals surface area contributed by atoms with E-state index in [1.54, 1.807) is 11.3 Å². The fourth-order valence-corrected chi connectivity index (χ4v) is 2.94. The summed E-state index contributed by atoms with van der Waals surface area (Å²) in [6.45, 7) is 4.23. The van der Waals surface area contributed by atoms with Gasteiger partial charge >= 0.3 is 5.97 Å². The summed E-state index contributed by atoms with van der Waals surface area (Å²) in [6, 6.07) is 7.39. The number of hydrogen-bond donors (Lipinski definition) is 2. The lowest BCUT2D eigenvalue weighted by Gasteiger charge is -1.95.